The smallest absolute Gasteiger partial charge is 0.270 e. The van der Waals surface area contributed by atoms with Crippen molar-refractivity contribution in [1.29, 1.82) is 0 Å². The fraction of sp³-hybridized carbons (Fsp3) is 0.350. The van der Waals surface area contributed by atoms with Gasteiger partial charge in [-0.25, -0.2) is 0 Å². The van der Waals surface area contributed by atoms with Crippen LogP contribution in [0.3, 0.4) is 0 Å². The fourth-order valence-corrected chi connectivity index (χ4v) is 3.21. The molecule has 2 N–H and O–H groups in total. The number of rotatable bonds is 6. The lowest BCUT2D eigenvalue weighted by molar-refractivity contribution is -0.902. The molecule has 0 spiro atoms. The zero-order valence-corrected chi connectivity index (χ0v) is 15.5. The van der Waals surface area contributed by atoms with Crippen molar-refractivity contribution >= 4 is 11.8 Å². The maximum atomic E-state index is 12.7. The molecular formula is C20H25N4O3+. The third-order valence-corrected chi connectivity index (χ3v) is 4.76. The van der Waals surface area contributed by atoms with Gasteiger partial charge in [0.25, 0.3) is 11.8 Å². The van der Waals surface area contributed by atoms with Gasteiger partial charge in [-0.15, -0.1) is 0 Å². The summed E-state index contributed by atoms with van der Waals surface area (Å²) in [5.74, 6) is 0.462. The summed E-state index contributed by atoms with van der Waals surface area (Å²) in [4.78, 5) is 32.0. The fourth-order valence-electron chi connectivity index (χ4n) is 3.21. The molecule has 1 saturated heterocycles. The highest BCUT2D eigenvalue weighted by Crippen LogP contribution is 2.19. The highest BCUT2D eigenvalue weighted by molar-refractivity contribution is 5.97. The third-order valence-electron chi connectivity index (χ3n) is 4.76. The first-order valence-corrected chi connectivity index (χ1v) is 9.14. The highest BCUT2D eigenvalue weighted by atomic mass is 16.5. The first-order chi connectivity index (χ1) is 13.2. The van der Waals surface area contributed by atoms with Gasteiger partial charge in [-0.1, -0.05) is 18.2 Å². The number of carbonyl (C=O) groups is 2. The molecule has 1 aliphatic rings. The van der Waals surface area contributed by atoms with E-state index >= 15 is 0 Å². The Morgan fingerprint density at radius 3 is 2.59 bits per heavy atom. The van der Waals surface area contributed by atoms with Gasteiger partial charge in [0, 0.05) is 6.20 Å². The molecule has 2 aromatic rings. The van der Waals surface area contributed by atoms with E-state index in [-0.39, 0.29) is 11.8 Å². The Balaban J connectivity index is 1.44. The zero-order chi connectivity index (χ0) is 19.1. The zero-order valence-electron chi connectivity index (χ0n) is 15.5. The third kappa shape index (κ3) is 4.83. The lowest BCUT2D eigenvalue weighted by Gasteiger charge is -2.32. The molecule has 1 aromatic carbocycles. The van der Waals surface area contributed by atoms with Crippen LogP contribution in [-0.2, 0) is 0 Å². The lowest BCUT2D eigenvalue weighted by atomic mass is 10.1. The van der Waals surface area contributed by atoms with Crippen molar-refractivity contribution in [3.63, 3.8) is 0 Å². The Morgan fingerprint density at radius 1 is 1.15 bits per heavy atom. The van der Waals surface area contributed by atoms with Crippen molar-refractivity contribution in [1.82, 2.24) is 15.2 Å². The molecule has 0 bridgehead atoms. The summed E-state index contributed by atoms with van der Waals surface area (Å²) < 4.78 is 5.29. The molecule has 1 aliphatic heterocycles. The molecule has 0 atom stereocenters. The predicted octanol–water partition coefficient (Wildman–Crippen LogP) is -0.139. The number of methoxy groups -OCH3 is 1. The average Bonchev–Trinajstić information content (AvgIpc) is 2.74. The second-order valence-corrected chi connectivity index (χ2v) is 6.46. The standard InChI is InChI=1S/C20H24N4O3/c1-27-18-8-3-2-6-16(18)20(26)24-14-12-23(13-15-24)11-10-22-19(25)17-7-4-5-9-21-17/h2-9H,10-15H2,1H3,(H,22,25)/p+1. The summed E-state index contributed by atoms with van der Waals surface area (Å²) in [6.45, 7) is 4.53. The summed E-state index contributed by atoms with van der Waals surface area (Å²) >= 11 is 0. The molecule has 0 unspecified atom stereocenters. The van der Waals surface area contributed by atoms with Gasteiger partial charge in [-0.05, 0) is 24.3 Å². The molecule has 0 aliphatic carbocycles. The molecule has 7 heteroatoms. The van der Waals surface area contributed by atoms with E-state index in [1.54, 1.807) is 43.6 Å². The number of ether oxygens (including phenoxy) is 1. The summed E-state index contributed by atoms with van der Waals surface area (Å²) in [6.07, 6.45) is 1.61. The number of nitrogens with zero attached hydrogens (tertiary/aromatic N) is 2. The number of quaternary nitrogens is 1. The minimum atomic E-state index is -0.153. The Hall–Kier alpha value is -2.93. The van der Waals surface area contributed by atoms with Crippen LogP contribution in [0.1, 0.15) is 20.8 Å². The van der Waals surface area contributed by atoms with Gasteiger partial charge in [0.1, 0.15) is 11.4 Å². The van der Waals surface area contributed by atoms with Crippen LogP contribution in [0.4, 0.5) is 0 Å². The minimum Gasteiger partial charge on any atom is -0.496 e. The van der Waals surface area contributed by atoms with Gasteiger partial charge < -0.3 is 19.9 Å². The molecule has 2 amide bonds. The molecule has 1 fully saturated rings. The minimum absolute atomic E-state index is 0.00922. The van der Waals surface area contributed by atoms with Crippen LogP contribution in [0.5, 0.6) is 5.75 Å². The van der Waals surface area contributed by atoms with Crippen molar-refractivity contribution in [2.45, 2.75) is 0 Å². The van der Waals surface area contributed by atoms with E-state index in [0.717, 1.165) is 19.6 Å². The van der Waals surface area contributed by atoms with E-state index in [4.69, 9.17) is 4.74 Å². The maximum Gasteiger partial charge on any atom is 0.270 e. The maximum absolute atomic E-state index is 12.7. The van der Waals surface area contributed by atoms with Crippen molar-refractivity contribution in [3.8, 4) is 5.75 Å². The molecule has 7 nitrogen and oxygen atoms in total. The van der Waals surface area contributed by atoms with Gasteiger partial charge in [0.05, 0.1) is 51.9 Å². The number of benzene rings is 1. The number of aromatic nitrogens is 1. The normalized spacial score (nSPS) is 14.6. The van der Waals surface area contributed by atoms with E-state index in [1.165, 1.54) is 4.90 Å². The number of piperazine rings is 1. The number of para-hydroxylation sites is 1. The van der Waals surface area contributed by atoms with E-state index in [9.17, 15) is 9.59 Å². The molecule has 27 heavy (non-hydrogen) atoms. The average molecular weight is 369 g/mol. The van der Waals surface area contributed by atoms with Gasteiger partial charge in [0.15, 0.2) is 0 Å². The first kappa shape index (κ1) is 18.8. The van der Waals surface area contributed by atoms with Crippen LogP contribution in [0, 0.1) is 0 Å². The summed E-state index contributed by atoms with van der Waals surface area (Å²) in [5, 5.41) is 2.90. The van der Waals surface area contributed by atoms with Crippen LogP contribution < -0.4 is 15.0 Å². The Labute approximate surface area is 158 Å². The summed E-state index contributed by atoms with van der Waals surface area (Å²) in [7, 11) is 1.58. The van der Waals surface area contributed by atoms with Crippen LogP contribution in [0.25, 0.3) is 0 Å². The summed E-state index contributed by atoms with van der Waals surface area (Å²) in [6, 6.07) is 12.6. The summed E-state index contributed by atoms with van der Waals surface area (Å²) in [5.41, 5.74) is 1.03. The monoisotopic (exact) mass is 369 g/mol. The molecule has 0 radical (unpaired) electrons. The molecule has 2 heterocycles. The number of hydrogen-bond acceptors (Lipinski definition) is 4. The molecule has 0 saturated carbocycles. The molecule has 1 aromatic heterocycles. The van der Waals surface area contributed by atoms with Crippen molar-refractivity contribution in [2.75, 3.05) is 46.4 Å². The van der Waals surface area contributed by atoms with E-state index < -0.39 is 0 Å². The quantitative estimate of drug-likeness (QED) is 0.743. The van der Waals surface area contributed by atoms with E-state index in [2.05, 4.69) is 10.3 Å². The Morgan fingerprint density at radius 2 is 1.89 bits per heavy atom. The second-order valence-electron chi connectivity index (χ2n) is 6.46. The topological polar surface area (TPSA) is 76.0 Å². The van der Waals surface area contributed by atoms with Gasteiger partial charge in [-0.2, -0.15) is 0 Å². The van der Waals surface area contributed by atoms with Crippen LogP contribution in [0.2, 0.25) is 0 Å². The number of carbonyl (C=O) groups excluding carboxylic acids is 2. The van der Waals surface area contributed by atoms with Gasteiger partial charge in [-0.3, -0.25) is 14.6 Å². The Kier molecular flexibility index (Phi) is 6.38. The van der Waals surface area contributed by atoms with E-state index in [1.807, 2.05) is 17.0 Å². The first-order valence-electron chi connectivity index (χ1n) is 9.14. The Bertz CT molecular complexity index is 774. The van der Waals surface area contributed by atoms with Crippen LogP contribution in [0.15, 0.2) is 48.7 Å². The van der Waals surface area contributed by atoms with Crippen molar-refractivity contribution in [2.24, 2.45) is 0 Å². The van der Waals surface area contributed by atoms with E-state index in [0.29, 0.717) is 36.6 Å². The predicted molar refractivity (Wildman–Crippen MR) is 101 cm³/mol. The van der Waals surface area contributed by atoms with Gasteiger partial charge in [0.2, 0.25) is 0 Å². The van der Waals surface area contributed by atoms with Crippen molar-refractivity contribution in [3.05, 3.63) is 59.9 Å². The number of hydrogen-bond donors (Lipinski definition) is 2. The lowest BCUT2D eigenvalue weighted by Crippen LogP contribution is -3.15. The van der Waals surface area contributed by atoms with Gasteiger partial charge >= 0.3 is 0 Å². The number of nitrogens with one attached hydrogen (secondary N) is 2. The number of amides is 2. The highest BCUT2D eigenvalue weighted by Gasteiger charge is 2.26. The molecule has 142 valence electrons. The van der Waals surface area contributed by atoms with Crippen molar-refractivity contribution < 1.29 is 19.2 Å². The van der Waals surface area contributed by atoms with Crippen LogP contribution >= 0.6 is 0 Å². The molecule has 3 rings (SSSR count). The van der Waals surface area contributed by atoms with Crippen LogP contribution in [-0.4, -0.2) is 68.1 Å². The second kappa shape index (κ2) is 9.14. The number of pyridine rings is 1. The largest absolute Gasteiger partial charge is 0.496 e. The molecular weight excluding hydrogens is 344 g/mol. The SMILES string of the molecule is COc1ccccc1C(=O)N1CC[NH+](CCNC(=O)c2ccccn2)CC1.